The average molecular weight is 494 g/mol. The molecular formula is C25H23N3O6S. The summed E-state index contributed by atoms with van der Waals surface area (Å²) in [5.74, 6) is -0.313. The lowest BCUT2D eigenvalue weighted by atomic mass is 10.1. The Morgan fingerprint density at radius 1 is 0.943 bits per heavy atom. The van der Waals surface area contributed by atoms with Crippen LogP contribution in [0.3, 0.4) is 0 Å². The normalized spacial score (nSPS) is 14.3. The number of sulfonamides is 1. The molecule has 0 atom stereocenters. The van der Waals surface area contributed by atoms with Crippen LogP contribution in [0.4, 0.5) is 10.5 Å². The van der Waals surface area contributed by atoms with E-state index < -0.39 is 34.3 Å². The van der Waals surface area contributed by atoms with E-state index in [4.69, 9.17) is 4.74 Å². The van der Waals surface area contributed by atoms with Crippen molar-refractivity contribution in [2.75, 3.05) is 25.6 Å². The highest BCUT2D eigenvalue weighted by Gasteiger charge is 2.41. The molecule has 0 saturated carbocycles. The lowest BCUT2D eigenvalue weighted by Gasteiger charge is -2.34. The second-order valence-electron chi connectivity index (χ2n) is 7.86. The molecule has 1 aliphatic rings. The number of amides is 3. The van der Waals surface area contributed by atoms with E-state index in [-0.39, 0.29) is 28.3 Å². The molecule has 0 fully saturated rings. The molecule has 180 valence electrons. The van der Waals surface area contributed by atoms with Gasteiger partial charge in [0.15, 0.2) is 5.78 Å². The number of ketones is 1. The number of methoxy groups -OCH3 is 1. The summed E-state index contributed by atoms with van der Waals surface area (Å²) in [6.07, 6.45) is 0. The first kappa shape index (κ1) is 24.0. The number of anilines is 1. The maximum Gasteiger partial charge on any atom is 0.338 e. The Kier molecular flexibility index (Phi) is 6.57. The lowest BCUT2D eigenvalue weighted by molar-refractivity contribution is 0.0948. The van der Waals surface area contributed by atoms with Gasteiger partial charge in [-0.2, -0.15) is 0 Å². The van der Waals surface area contributed by atoms with Crippen LogP contribution in [-0.4, -0.2) is 51.1 Å². The fraction of sp³-hybridized carbons (Fsp3) is 0.160. The molecule has 0 unspecified atom stereocenters. The average Bonchev–Trinajstić information content (AvgIpc) is 2.89. The molecule has 1 heterocycles. The van der Waals surface area contributed by atoms with E-state index >= 15 is 0 Å². The molecule has 35 heavy (non-hydrogen) atoms. The molecule has 9 nitrogen and oxygen atoms in total. The molecule has 3 amide bonds. The van der Waals surface area contributed by atoms with Gasteiger partial charge in [-0.05, 0) is 35.9 Å². The van der Waals surface area contributed by atoms with E-state index in [0.29, 0.717) is 10.1 Å². The minimum absolute atomic E-state index is 0.109. The largest absolute Gasteiger partial charge is 0.497 e. The van der Waals surface area contributed by atoms with Crippen molar-refractivity contribution in [2.45, 2.75) is 11.4 Å². The van der Waals surface area contributed by atoms with Gasteiger partial charge in [0, 0.05) is 24.7 Å². The zero-order valence-electron chi connectivity index (χ0n) is 19.1. The summed E-state index contributed by atoms with van der Waals surface area (Å²) in [7, 11) is -1.40. The fourth-order valence-electron chi connectivity index (χ4n) is 3.66. The Hall–Kier alpha value is -4.18. The predicted octanol–water partition coefficient (Wildman–Crippen LogP) is 3.07. The maximum absolute atomic E-state index is 13.3. The van der Waals surface area contributed by atoms with Gasteiger partial charge < -0.3 is 10.1 Å². The van der Waals surface area contributed by atoms with Gasteiger partial charge in [-0.3, -0.25) is 14.5 Å². The van der Waals surface area contributed by atoms with Gasteiger partial charge in [-0.1, -0.05) is 42.5 Å². The first-order valence-electron chi connectivity index (χ1n) is 10.7. The molecule has 4 rings (SSSR count). The number of Topliss-reactive ketones (excluding diaryl/α,β-unsaturated/α-hetero) is 1. The number of nitrogens with zero attached hydrogens (tertiary/aromatic N) is 2. The molecule has 0 radical (unpaired) electrons. The molecule has 1 N–H and O–H groups in total. The third-order valence-corrected chi connectivity index (χ3v) is 7.40. The second kappa shape index (κ2) is 9.59. The number of hydrogen-bond donors (Lipinski definition) is 1. The fourth-order valence-corrected chi connectivity index (χ4v) is 5.26. The summed E-state index contributed by atoms with van der Waals surface area (Å²) in [5.41, 5.74) is 1.36. The van der Waals surface area contributed by atoms with Crippen molar-refractivity contribution in [2.24, 2.45) is 0 Å². The van der Waals surface area contributed by atoms with Crippen LogP contribution in [0, 0.1) is 0 Å². The number of ether oxygens (including phenoxy) is 1. The van der Waals surface area contributed by atoms with Gasteiger partial charge in [-0.25, -0.2) is 17.5 Å². The highest BCUT2D eigenvalue weighted by molar-refractivity contribution is 7.90. The molecule has 0 saturated heterocycles. The van der Waals surface area contributed by atoms with Gasteiger partial charge in [0.1, 0.15) is 17.2 Å². The molecule has 3 aromatic carbocycles. The Morgan fingerprint density at radius 3 is 2.29 bits per heavy atom. The minimum atomic E-state index is -4.37. The summed E-state index contributed by atoms with van der Waals surface area (Å²) in [5, 5.41) is 2.75. The predicted molar refractivity (Wildman–Crippen MR) is 129 cm³/mol. The first-order chi connectivity index (χ1) is 16.7. The van der Waals surface area contributed by atoms with Crippen molar-refractivity contribution in [1.82, 2.24) is 9.62 Å². The van der Waals surface area contributed by atoms with Gasteiger partial charge in [-0.15, -0.1) is 0 Å². The van der Waals surface area contributed by atoms with E-state index in [1.165, 1.54) is 25.2 Å². The zero-order chi connectivity index (χ0) is 25.2. The quantitative estimate of drug-likeness (QED) is 0.506. The van der Waals surface area contributed by atoms with E-state index in [0.717, 1.165) is 10.5 Å². The summed E-state index contributed by atoms with van der Waals surface area (Å²) in [4.78, 5) is 39.1. The van der Waals surface area contributed by atoms with Crippen LogP contribution >= 0.6 is 0 Å². The van der Waals surface area contributed by atoms with Crippen LogP contribution in [0.2, 0.25) is 0 Å². The molecule has 0 spiro atoms. The minimum Gasteiger partial charge on any atom is -0.497 e. The van der Waals surface area contributed by atoms with Crippen LogP contribution in [0.1, 0.15) is 26.3 Å². The zero-order valence-corrected chi connectivity index (χ0v) is 19.9. The smallest absolute Gasteiger partial charge is 0.338 e. The molecule has 3 aromatic rings. The second-order valence-corrected chi connectivity index (χ2v) is 9.69. The molecule has 10 heteroatoms. The van der Waals surface area contributed by atoms with Crippen molar-refractivity contribution in [3.05, 3.63) is 89.5 Å². The topological polar surface area (TPSA) is 113 Å². The first-order valence-corrected chi connectivity index (χ1v) is 12.1. The van der Waals surface area contributed by atoms with Crippen molar-refractivity contribution in [3.63, 3.8) is 0 Å². The summed E-state index contributed by atoms with van der Waals surface area (Å²) < 4.78 is 32.3. The third kappa shape index (κ3) is 4.73. The van der Waals surface area contributed by atoms with Crippen LogP contribution in [0.15, 0.2) is 77.7 Å². The number of hydrogen-bond acceptors (Lipinski definition) is 6. The molecular weight excluding hydrogens is 470 g/mol. The summed E-state index contributed by atoms with van der Waals surface area (Å²) in [6.45, 7) is -0.425. The van der Waals surface area contributed by atoms with Crippen molar-refractivity contribution in [3.8, 4) is 5.75 Å². The molecule has 0 aliphatic carbocycles. The van der Waals surface area contributed by atoms with Gasteiger partial charge >= 0.3 is 6.03 Å². The van der Waals surface area contributed by atoms with Crippen molar-refractivity contribution < 1.29 is 27.5 Å². The highest BCUT2D eigenvalue weighted by atomic mass is 32.2. The van der Waals surface area contributed by atoms with E-state index in [1.807, 2.05) is 0 Å². The summed E-state index contributed by atoms with van der Waals surface area (Å²) in [6, 6.07) is 18.5. The third-order valence-electron chi connectivity index (χ3n) is 5.65. The maximum atomic E-state index is 13.3. The van der Waals surface area contributed by atoms with Gasteiger partial charge in [0.05, 0.1) is 12.8 Å². The van der Waals surface area contributed by atoms with Crippen LogP contribution in [-0.2, 0) is 16.6 Å². The van der Waals surface area contributed by atoms with Crippen LogP contribution in [0.5, 0.6) is 5.75 Å². The van der Waals surface area contributed by atoms with E-state index in [1.54, 1.807) is 61.7 Å². The number of rotatable bonds is 7. The lowest BCUT2D eigenvalue weighted by Crippen LogP contribution is -2.51. The van der Waals surface area contributed by atoms with Crippen molar-refractivity contribution in [1.29, 1.82) is 0 Å². The van der Waals surface area contributed by atoms with Crippen LogP contribution < -0.4 is 15.0 Å². The number of carbonyl (C=O) groups excluding carboxylic acids is 3. The number of fused-ring (bicyclic) bond motifs is 1. The SMILES string of the molecule is COc1ccc(CNC(=O)c2ccc3c(c2)S(=O)(=O)N(CC(=O)c2ccccc2)C(=O)N3C)cc1. The molecule has 0 aromatic heterocycles. The molecule has 0 bridgehead atoms. The summed E-state index contributed by atoms with van der Waals surface area (Å²) >= 11 is 0. The number of urea groups is 1. The van der Waals surface area contributed by atoms with E-state index in [2.05, 4.69) is 5.32 Å². The van der Waals surface area contributed by atoms with Gasteiger partial charge in [0.25, 0.3) is 15.9 Å². The monoisotopic (exact) mass is 493 g/mol. The van der Waals surface area contributed by atoms with Crippen molar-refractivity contribution >= 4 is 33.4 Å². The standard InChI is InChI=1S/C25H23N3O6S/c1-27-21-13-10-19(24(30)26-15-17-8-11-20(34-2)12-9-17)14-23(21)35(32,33)28(25(27)31)16-22(29)18-6-4-3-5-7-18/h3-14H,15-16H2,1-2H3,(H,26,30). The van der Waals surface area contributed by atoms with Crippen LogP contribution in [0.25, 0.3) is 0 Å². The van der Waals surface area contributed by atoms with E-state index in [9.17, 15) is 22.8 Å². The Labute approximate surface area is 203 Å². The van der Waals surface area contributed by atoms with Gasteiger partial charge in [0.2, 0.25) is 0 Å². The number of benzene rings is 3. The highest BCUT2D eigenvalue weighted by Crippen LogP contribution is 2.34. The molecule has 1 aliphatic heterocycles. The Morgan fingerprint density at radius 2 is 1.63 bits per heavy atom. The Bertz CT molecular complexity index is 1390. The Balaban J connectivity index is 1.57. The number of nitrogens with one attached hydrogen (secondary N) is 1. The number of carbonyl (C=O) groups is 3.